The minimum absolute atomic E-state index is 0.108. The molecule has 1 atom stereocenters. The number of nitro groups is 1. The zero-order chi connectivity index (χ0) is 17.6. The number of alkyl carbamates (subject to hydrolysis) is 1. The molecule has 0 fully saturated rings. The highest BCUT2D eigenvalue weighted by atomic mass is 79.9. The van der Waals surface area contributed by atoms with Gasteiger partial charge in [-0.15, -0.1) is 0 Å². The van der Waals surface area contributed by atoms with Gasteiger partial charge in [-0.2, -0.15) is 0 Å². The van der Waals surface area contributed by atoms with Crippen molar-refractivity contribution in [3.8, 4) is 0 Å². The number of carbonyl (C=O) groups excluding carboxylic acids is 2. The Kier molecular flexibility index (Phi) is 6.93. The fourth-order valence-electron chi connectivity index (χ4n) is 2.04. The zero-order valence-corrected chi connectivity index (χ0v) is 15.0. The van der Waals surface area contributed by atoms with Gasteiger partial charge in [0.1, 0.15) is 5.60 Å². The Morgan fingerprint density at radius 1 is 1.39 bits per heavy atom. The van der Waals surface area contributed by atoms with Gasteiger partial charge in [-0.25, -0.2) is 4.79 Å². The predicted molar refractivity (Wildman–Crippen MR) is 89.0 cm³/mol. The lowest BCUT2D eigenvalue weighted by Crippen LogP contribution is -2.44. The van der Waals surface area contributed by atoms with Gasteiger partial charge in [0.2, 0.25) is 5.70 Å². The maximum Gasteiger partial charge on any atom is 0.408 e. The van der Waals surface area contributed by atoms with Gasteiger partial charge in [0.25, 0.3) is 0 Å². The summed E-state index contributed by atoms with van der Waals surface area (Å²) in [6.07, 6.45) is 3.56. The summed E-state index contributed by atoms with van der Waals surface area (Å²) in [4.78, 5) is 34.1. The van der Waals surface area contributed by atoms with Crippen LogP contribution in [0.2, 0.25) is 0 Å². The standard InChI is InChI=1S/C15H21BrN2O5/c1-15(2,3)23-14(20)17-12(13(19)9-16)8-10-4-6-11(7-5-10)18(21)22/h4,6,12H,5,7-9H2,1-3H3,(H,17,20)/t12-/m0/s1. The maximum atomic E-state index is 12.0. The molecule has 0 bridgehead atoms. The Morgan fingerprint density at radius 2 is 2.04 bits per heavy atom. The number of ether oxygens (including phenoxy) is 1. The first-order chi connectivity index (χ1) is 10.6. The molecule has 23 heavy (non-hydrogen) atoms. The smallest absolute Gasteiger partial charge is 0.408 e. The van der Waals surface area contributed by atoms with Crippen molar-refractivity contribution in [3.63, 3.8) is 0 Å². The van der Waals surface area contributed by atoms with E-state index in [0.29, 0.717) is 19.3 Å². The summed E-state index contributed by atoms with van der Waals surface area (Å²) in [7, 11) is 0. The number of nitrogens with zero attached hydrogens (tertiary/aromatic N) is 1. The molecular formula is C15H21BrN2O5. The third-order valence-corrected chi connectivity index (χ3v) is 3.68. The SMILES string of the molecule is CC(C)(C)OC(=O)N[C@@H](CC1=CC=C([N+](=O)[O-])CC1)C(=O)CBr. The maximum absolute atomic E-state index is 12.0. The van der Waals surface area contributed by atoms with E-state index in [1.807, 2.05) is 0 Å². The van der Waals surface area contributed by atoms with E-state index in [0.717, 1.165) is 5.57 Å². The summed E-state index contributed by atoms with van der Waals surface area (Å²) >= 11 is 3.10. The number of ketones is 1. The summed E-state index contributed by atoms with van der Waals surface area (Å²) in [6.45, 7) is 5.21. The number of allylic oxidation sites excluding steroid dienone is 3. The van der Waals surface area contributed by atoms with E-state index in [4.69, 9.17) is 4.74 Å². The van der Waals surface area contributed by atoms with Crippen LogP contribution in [-0.2, 0) is 9.53 Å². The highest BCUT2D eigenvalue weighted by Gasteiger charge is 2.25. The van der Waals surface area contributed by atoms with Crippen LogP contribution in [-0.4, -0.2) is 33.8 Å². The van der Waals surface area contributed by atoms with Crippen molar-refractivity contribution in [1.82, 2.24) is 5.32 Å². The first kappa shape index (κ1) is 19.3. The average molecular weight is 389 g/mol. The number of halogens is 1. The van der Waals surface area contributed by atoms with Crippen molar-refractivity contribution in [2.45, 2.75) is 51.7 Å². The van der Waals surface area contributed by atoms with Crippen molar-refractivity contribution < 1.29 is 19.2 Å². The second-order valence-corrected chi connectivity index (χ2v) is 6.80. The first-order valence-electron chi connectivity index (χ1n) is 7.23. The van der Waals surface area contributed by atoms with Crippen LogP contribution in [0.25, 0.3) is 0 Å². The molecule has 8 heteroatoms. The molecule has 0 spiro atoms. The molecule has 0 radical (unpaired) electrons. The van der Waals surface area contributed by atoms with Crippen molar-refractivity contribution in [2.75, 3.05) is 5.33 Å². The van der Waals surface area contributed by atoms with Gasteiger partial charge in [-0.1, -0.05) is 27.6 Å². The summed E-state index contributed by atoms with van der Waals surface area (Å²) in [5, 5.41) is 13.4. The number of nitrogens with one attached hydrogen (secondary N) is 1. The van der Waals surface area contributed by atoms with Crippen LogP contribution in [0.5, 0.6) is 0 Å². The molecule has 0 aromatic rings. The highest BCUT2D eigenvalue weighted by Crippen LogP contribution is 2.23. The van der Waals surface area contributed by atoms with Crippen LogP contribution in [0.3, 0.4) is 0 Å². The Hall–Kier alpha value is -1.70. The van der Waals surface area contributed by atoms with Crippen molar-refractivity contribution in [2.24, 2.45) is 0 Å². The van der Waals surface area contributed by atoms with Gasteiger partial charge in [-0.3, -0.25) is 14.9 Å². The van der Waals surface area contributed by atoms with Gasteiger partial charge in [-0.05, 0) is 33.6 Å². The number of hydrogen-bond donors (Lipinski definition) is 1. The number of Topliss-reactive ketones (excluding diaryl/α,β-unsaturated/α-hetero) is 1. The van der Waals surface area contributed by atoms with E-state index in [2.05, 4.69) is 21.2 Å². The van der Waals surface area contributed by atoms with Gasteiger partial charge in [0.15, 0.2) is 5.78 Å². The van der Waals surface area contributed by atoms with E-state index in [9.17, 15) is 19.7 Å². The molecule has 1 aliphatic carbocycles. The molecule has 0 aromatic heterocycles. The van der Waals surface area contributed by atoms with Gasteiger partial charge in [0.05, 0.1) is 16.3 Å². The Bertz CT molecular complexity index is 549. The van der Waals surface area contributed by atoms with Gasteiger partial charge in [0, 0.05) is 12.5 Å². The molecule has 0 unspecified atom stereocenters. The topological polar surface area (TPSA) is 98.5 Å². The first-order valence-corrected chi connectivity index (χ1v) is 8.35. The average Bonchev–Trinajstić information content (AvgIpc) is 2.44. The number of amides is 1. The Labute approximate surface area is 143 Å². The minimum atomic E-state index is -0.721. The quantitative estimate of drug-likeness (QED) is 0.428. The lowest BCUT2D eigenvalue weighted by Gasteiger charge is -2.23. The van der Waals surface area contributed by atoms with Crippen molar-refractivity contribution >= 4 is 27.8 Å². The zero-order valence-electron chi connectivity index (χ0n) is 13.4. The van der Waals surface area contributed by atoms with Crippen LogP contribution in [0.1, 0.15) is 40.0 Å². The molecule has 0 aliphatic heterocycles. The third-order valence-electron chi connectivity index (χ3n) is 3.13. The highest BCUT2D eigenvalue weighted by molar-refractivity contribution is 9.09. The molecule has 1 rings (SSSR count). The number of carbonyl (C=O) groups is 2. The van der Waals surface area contributed by atoms with E-state index in [1.165, 1.54) is 6.08 Å². The number of rotatable bonds is 6. The lowest BCUT2D eigenvalue weighted by atomic mass is 9.95. The van der Waals surface area contributed by atoms with Crippen molar-refractivity contribution in [3.05, 3.63) is 33.5 Å². The molecular weight excluding hydrogens is 368 g/mol. The molecule has 7 nitrogen and oxygen atoms in total. The molecule has 1 amide bonds. The molecule has 0 saturated carbocycles. The summed E-state index contributed by atoms with van der Waals surface area (Å²) in [5.74, 6) is -0.180. The summed E-state index contributed by atoms with van der Waals surface area (Å²) < 4.78 is 5.16. The van der Waals surface area contributed by atoms with Crippen LogP contribution < -0.4 is 5.32 Å². The second kappa shape index (κ2) is 8.24. The van der Waals surface area contributed by atoms with Crippen LogP contribution in [0.4, 0.5) is 4.79 Å². The number of alkyl halides is 1. The Morgan fingerprint density at radius 3 is 2.48 bits per heavy atom. The van der Waals surface area contributed by atoms with Crippen LogP contribution in [0.15, 0.2) is 23.4 Å². The third kappa shape index (κ3) is 6.94. The van der Waals surface area contributed by atoms with E-state index < -0.39 is 22.7 Å². The van der Waals surface area contributed by atoms with E-state index >= 15 is 0 Å². The molecule has 0 heterocycles. The molecule has 1 aliphatic rings. The molecule has 0 saturated heterocycles. The number of hydrogen-bond acceptors (Lipinski definition) is 5. The molecule has 1 N–H and O–H groups in total. The van der Waals surface area contributed by atoms with Crippen molar-refractivity contribution in [1.29, 1.82) is 0 Å². The molecule has 128 valence electrons. The van der Waals surface area contributed by atoms with Gasteiger partial charge < -0.3 is 10.1 Å². The van der Waals surface area contributed by atoms with E-state index in [1.54, 1.807) is 26.8 Å². The lowest BCUT2D eigenvalue weighted by molar-refractivity contribution is -0.428. The summed E-state index contributed by atoms with van der Waals surface area (Å²) in [5.41, 5.74) is 0.377. The fraction of sp³-hybridized carbons (Fsp3) is 0.600. The predicted octanol–water partition coefficient (Wildman–Crippen LogP) is 3.11. The van der Waals surface area contributed by atoms with Crippen LogP contribution in [0, 0.1) is 10.1 Å². The molecule has 0 aromatic carbocycles. The van der Waals surface area contributed by atoms with E-state index in [-0.39, 0.29) is 16.8 Å². The monoisotopic (exact) mass is 388 g/mol. The van der Waals surface area contributed by atoms with Crippen LogP contribution >= 0.6 is 15.9 Å². The minimum Gasteiger partial charge on any atom is -0.444 e. The second-order valence-electron chi connectivity index (χ2n) is 6.24. The van der Waals surface area contributed by atoms with Gasteiger partial charge >= 0.3 is 6.09 Å². The largest absolute Gasteiger partial charge is 0.444 e. The fourth-order valence-corrected chi connectivity index (χ4v) is 2.43. The normalized spacial score (nSPS) is 16.0. The Balaban J connectivity index is 2.75. The summed E-state index contributed by atoms with van der Waals surface area (Å²) in [6, 6.07) is -0.721.